The van der Waals surface area contributed by atoms with Gasteiger partial charge >= 0.3 is 5.97 Å². The van der Waals surface area contributed by atoms with E-state index in [1.165, 1.54) is 25.0 Å². The number of aryl methyl sites for hydroxylation is 1. The summed E-state index contributed by atoms with van der Waals surface area (Å²) in [7, 11) is 0. The molecule has 3 rings (SSSR count). The number of esters is 1. The van der Waals surface area contributed by atoms with Crippen LogP contribution in [0.15, 0.2) is 36.4 Å². The van der Waals surface area contributed by atoms with Gasteiger partial charge in [-0.25, -0.2) is 13.6 Å². The van der Waals surface area contributed by atoms with Gasteiger partial charge in [-0.3, -0.25) is 4.79 Å². The first-order valence-corrected chi connectivity index (χ1v) is 14.8. The molecule has 0 spiro atoms. The van der Waals surface area contributed by atoms with Crippen molar-refractivity contribution >= 4 is 11.9 Å². The van der Waals surface area contributed by atoms with Crippen molar-refractivity contribution in [2.24, 2.45) is 5.73 Å². The van der Waals surface area contributed by atoms with Gasteiger partial charge in [-0.2, -0.15) is 0 Å². The lowest BCUT2D eigenvalue weighted by Crippen LogP contribution is -2.48. The summed E-state index contributed by atoms with van der Waals surface area (Å²) in [4.78, 5) is 28.5. The highest BCUT2D eigenvalue weighted by Gasteiger charge is 2.26. The maximum Gasteiger partial charge on any atom is 0.338 e. The monoisotopic (exact) mass is 557 g/mol. The molecule has 220 valence electrons. The number of nitrogens with zero attached hydrogens (tertiary/aromatic N) is 1. The lowest BCUT2D eigenvalue weighted by Gasteiger charge is -2.27. The van der Waals surface area contributed by atoms with Crippen LogP contribution >= 0.6 is 0 Å². The highest BCUT2D eigenvalue weighted by molar-refractivity contribution is 5.98. The molecule has 1 fully saturated rings. The summed E-state index contributed by atoms with van der Waals surface area (Å²) in [5.41, 5.74) is 8.41. The van der Waals surface area contributed by atoms with E-state index in [-0.39, 0.29) is 17.9 Å². The minimum absolute atomic E-state index is 0.113. The number of ether oxygens (including phenoxy) is 1. The lowest BCUT2D eigenvalue weighted by atomic mass is 10.0. The van der Waals surface area contributed by atoms with E-state index in [1.807, 2.05) is 20.8 Å². The zero-order chi connectivity index (χ0) is 29.1. The summed E-state index contributed by atoms with van der Waals surface area (Å²) in [6.07, 6.45) is 7.88. The van der Waals surface area contributed by atoms with Crippen LogP contribution in [0.25, 0.3) is 0 Å². The molecule has 0 aromatic heterocycles. The van der Waals surface area contributed by atoms with Gasteiger partial charge in [0.1, 0.15) is 17.7 Å². The Morgan fingerprint density at radius 3 is 2.15 bits per heavy atom. The van der Waals surface area contributed by atoms with Crippen molar-refractivity contribution in [1.29, 1.82) is 0 Å². The number of benzene rings is 2. The third kappa shape index (κ3) is 9.66. The van der Waals surface area contributed by atoms with Gasteiger partial charge in [0.25, 0.3) is 5.91 Å². The van der Waals surface area contributed by atoms with Crippen LogP contribution < -0.4 is 11.1 Å². The summed E-state index contributed by atoms with van der Waals surface area (Å²) in [6.45, 7) is 7.51. The van der Waals surface area contributed by atoms with Gasteiger partial charge in [0.2, 0.25) is 0 Å². The van der Waals surface area contributed by atoms with Crippen LogP contribution in [0.2, 0.25) is 0 Å². The van der Waals surface area contributed by atoms with E-state index in [0.29, 0.717) is 36.8 Å². The summed E-state index contributed by atoms with van der Waals surface area (Å²) in [5, 5.41) is 3.53. The molecule has 2 atom stereocenters. The Kier molecular flexibility index (Phi) is 12.5. The highest BCUT2D eigenvalue weighted by Crippen LogP contribution is 2.19. The number of nitrogens with two attached hydrogens (primary N) is 1. The molecule has 0 aliphatic heterocycles. The van der Waals surface area contributed by atoms with E-state index in [0.717, 1.165) is 50.2 Å². The van der Waals surface area contributed by atoms with Crippen LogP contribution in [0.3, 0.4) is 0 Å². The molecule has 2 aromatic carbocycles. The quantitative estimate of drug-likeness (QED) is 0.235. The van der Waals surface area contributed by atoms with Crippen LogP contribution in [-0.4, -0.2) is 54.6 Å². The predicted molar refractivity (Wildman–Crippen MR) is 154 cm³/mol. The Bertz CT molecular complexity index is 1090. The van der Waals surface area contributed by atoms with Gasteiger partial charge in [0.15, 0.2) is 0 Å². The van der Waals surface area contributed by atoms with Crippen molar-refractivity contribution in [3.63, 3.8) is 0 Å². The average molecular weight is 558 g/mol. The largest absolute Gasteiger partial charge is 0.456 e. The molecule has 3 N–H and O–H groups in total. The molecule has 1 aliphatic rings. The Morgan fingerprint density at radius 1 is 0.950 bits per heavy atom. The van der Waals surface area contributed by atoms with Crippen LogP contribution in [-0.2, 0) is 11.2 Å². The van der Waals surface area contributed by atoms with E-state index in [4.69, 9.17) is 10.5 Å². The normalized spacial score (nSPS) is 15.8. The molecule has 1 amide bonds. The van der Waals surface area contributed by atoms with E-state index < -0.39 is 29.7 Å². The van der Waals surface area contributed by atoms with Gasteiger partial charge in [0.05, 0.1) is 5.56 Å². The van der Waals surface area contributed by atoms with E-state index in [1.54, 1.807) is 23.1 Å². The second kappa shape index (κ2) is 15.8. The number of hydrogen-bond donors (Lipinski definition) is 2. The Morgan fingerprint density at radius 2 is 1.55 bits per heavy atom. The van der Waals surface area contributed by atoms with Gasteiger partial charge in [-0.1, -0.05) is 39.5 Å². The number of rotatable bonds is 13. The van der Waals surface area contributed by atoms with Crippen LogP contribution in [0.5, 0.6) is 0 Å². The number of carbonyl (C=O) groups is 2. The fourth-order valence-corrected chi connectivity index (χ4v) is 5.45. The SMILES string of the molecule is CCCN(CCC)C(=O)c1cc(C)cc(C(=O)OC(CNC2CCCCCC2)C(N)Cc2cc(F)cc(F)c2)c1. The van der Waals surface area contributed by atoms with Crippen molar-refractivity contribution in [1.82, 2.24) is 10.2 Å². The molecule has 2 unspecified atom stereocenters. The Labute approximate surface area is 237 Å². The first-order chi connectivity index (χ1) is 19.2. The van der Waals surface area contributed by atoms with Crippen molar-refractivity contribution in [2.75, 3.05) is 19.6 Å². The number of nitrogens with one attached hydrogen (secondary N) is 1. The average Bonchev–Trinajstić information content (AvgIpc) is 3.18. The standard InChI is InChI=1S/C32H45F2N3O3/c1-4-12-37(13-5-2)31(38)24-14-22(3)15-25(19-24)32(39)40-30(21-36-28-10-8-6-7-9-11-28)29(35)18-23-16-26(33)20-27(34)17-23/h14-17,19-20,28-30,36H,4-13,18,21,35H2,1-3H3. The number of carbonyl (C=O) groups excluding carboxylic acids is 2. The zero-order valence-corrected chi connectivity index (χ0v) is 24.2. The summed E-state index contributed by atoms with van der Waals surface area (Å²) in [5.74, 6) is -2.05. The smallest absolute Gasteiger partial charge is 0.338 e. The molecular formula is C32H45F2N3O3. The van der Waals surface area contributed by atoms with E-state index >= 15 is 0 Å². The lowest BCUT2D eigenvalue weighted by molar-refractivity contribution is 0.0230. The maximum absolute atomic E-state index is 13.8. The second-order valence-corrected chi connectivity index (χ2v) is 11.1. The summed E-state index contributed by atoms with van der Waals surface area (Å²) < 4.78 is 33.6. The van der Waals surface area contributed by atoms with Crippen LogP contribution in [0, 0.1) is 18.6 Å². The van der Waals surface area contributed by atoms with Crippen LogP contribution in [0.1, 0.15) is 97.1 Å². The minimum atomic E-state index is -0.738. The van der Waals surface area contributed by atoms with Crippen LogP contribution in [0.4, 0.5) is 8.78 Å². The minimum Gasteiger partial charge on any atom is -0.456 e. The molecule has 0 saturated heterocycles. The molecule has 0 radical (unpaired) electrons. The Balaban J connectivity index is 1.80. The fourth-order valence-electron chi connectivity index (χ4n) is 5.45. The molecule has 1 aliphatic carbocycles. The number of amides is 1. The molecule has 40 heavy (non-hydrogen) atoms. The van der Waals surface area contributed by atoms with Gasteiger partial charge in [-0.15, -0.1) is 0 Å². The van der Waals surface area contributed by atoms with Gasteiger partial charge < -0.3 is 20.7 Å². The molecule has 2 aromatic rings. The molecule has 0 bridgehead atoms. The summed E-state index contributed by atoms with van der Waals surface area (Å²) in [6, 6.07) is 7.99. The van der Waals surface area contributed by atoms with E-state index in [9.17, 15) is 18.4 Å². The second-order valence-electron chi connectivity index (χ2n) is 11.1. The summed E-state index contributed by atoms with van der Waals surface area (Å²) >= 11 is 0. The third-order valence-electron chi connectivity index (χ3n) is 7.43. The third-order valence-corrected chi connectivity index (χ3v) is 7.43. The predicted octanol–water partition coefficient (Wildman–Crippen LogP) is 5.94. The van der Waals surface area contributed by atoms with Crippen molar-refractivity contribution in [2.45, 2.75) is 96.7 Å². The topological polar surface area (TPSA) is 84.7 Å². The van der Waals surface area contributed by atoms with Crippen molar-refractivity contribution in [3.05, 3.63) is 70.3 Å². The number of halogens is 2. The van der Waals surface area contributed by atoms with Crippen molar-refractivity contribution in [3.8, 4) is 0 Å². The first-order valence-electron chi connectivity index (χ1n) is 14.8. The fraction of sp³-hybridized carbons (Fsp3) is 0.562. The van der Waals surface area contributed by atoms with Gasteiger partial charge in [0, 0.05) is 43.3 Å². The van der Waals surface area contributed by atoms with Crippen molar-refractivity contribution < 1.29 is 23.1 Å². The molecule has 1 saturated carbocycles. The van der Waals surface area contributed by atoms with Gasteiger partial charge in [-0.05, 0) is 80.5 Å². The molecule has 6 nitrogen and oxygen atoms in total. The zero-order valence-electron chi connectivity index (χ0n) is 24.2. The highest BCUT2D eigenvalue weighted by atomic mass is 19.1. The molecular weight excluding hydrogens is 512 g/mol. The van der Waals surface area contributed by atoms with E-state index in [2.05, 4.69) is 5.32 Å². The molecule has 0 heterocycles. The Hall–Kier alpha value is -2.84. The first kappa shape index (κ1) is 31.7. The molecule has 8 heteroatoms. The number of hydrogen-bond acceptors (Lipinski definition) is 5. The maximum atomic E-state index is 13.8.